The fraction of sp³-hybridized carbons (Fsp3) is 0.533. The van der Waals surface area contributed by atoms with Gasteiger partial charge in [-0.2, -0.15) is 0 Å². The third kappa shape index (κ3) is 3.09. The molecule has 0 fully saturated rings. The Hall–Kier alpha value is -1.31. The van der Waals surface area contributed by atoms with E-state index >= 15 is 0 Å². The quantitative estimate of drug-likeness (QED) is 0.744. The lowest BCUT2D eigenvalue weighted by molar-refractivity contribution is -0.146. The van der Waals surface area contributed by atoms with Gasteiger partial charge in [0.2, 0.25) is 0 Å². The predicted octanol–water partition coefficient (Wildman–Crippen LogP) is 3.61. The van der Waals surface area contributed by atoms with Gasteiger partial charge in [0.25, 0.3) is 0 Å². The smallest absolute Gasteiger partial charge is 0.313 e. The van der Waals surface area contributed by atoms with Gasteiger partial charge in [-0.05, 0) is 43.4 Å². The standard InChI is InChI=1S/C15H22O2/c1-6-17-15(16)14(10(2)3)13-9-7-8-11(4)12(13)5/h7-10,14H,6H2,1-5H3. The van der Waals surface area contributed by atoms with Crippen molar-refractivity contribution in [3.63, 3.8) is 0 Å². The van der Waals surface area contributed by atoms with Crippen LogP contribution < -0.4 is 0 Å². The third-order valence-corrected chi connectivity index (χ3v) is 3.19. The molecule has 0 saturated heterocycles. The normalized spacial score (nSPS) is 12.6. The van der Waals surface area contributed by atoms with E-state index in [0.29, 0.717) is 6.61 Å². The number of rotatable bonds is 4. The Kier molecular flexibility index (Phi) is 4.73. The molecule has 0 aliphatic rings. The molecule has 1 aromatic carbocycles. The second kappa shape index (κ2) is 5.85. The highest BCUT2D eigenvalue weighted by Crippen LogP contribution is 2.29. The summed E-state index contributed by atoms with van der Waals surface area (Å²) in [6.45, 7) is 10.5. The molecular formula is C15H22O2. The Morgan fingerprint density at radius 2 is 1.94 bits per heavy atom. The first-order chi connectivity index (χ1) is 7.99. The second-order valence-electron chi connectivity index (χ2n) is 4.76. The number of esters is 1. The van der Waals surface area contributed by atoms with E-state index < -0.39 is 0 Å². The topological polar surface area (TPSA) is 26.3 Å². The second-order valence-corrected chi connectivity index (χ2v) is 4.76. The Morgan fingerprint density at radius 3 is 2.47 bits per heavy atom. The van der Waals surface area contributed by atoms with Gasteiger partial charge in [0.05, 0.1) is 12.5 Å². The van der Waals surface area contributed by atoms with Gasteiger partial charge in [-0.3, -0.25) is 4.79 Å². The molecule has 1 atom stereocenters. The van der Waals surface area contributed by atoms with Crippen LogP contribution in [-0.2, 0) is 9.53 Å². The summed E-state index contributed by atoms with van der Waals surface area (Å²) in [5.74, 6) is -0.0272. The van der Waals surface area contributed by atoms with Crippen molar-refractivity contribution in [1.82, 2.24) is 0 Å². The summed E-state index contributed by atoms with van der Waals surface area (Å²) in [4.78, 5) is 12.0. The van der Waals surface area contributed by atoms with Crippen molar-refractivity contribution in [3.05, 3.63) is 34.9 Å². The summed E-state index contributed by atoms with van der Waals surface area (Å²) >= 11 is 0. The third-order valence-electron chi connectivity index (χ3n) is 3.19. The van der Waals surface area contributed by atoms with Crippen molar-refractivity contribution in [1.29, 1.82) is 0 Å². The van der Waals surface area contributed by atoms with Gasteiger partial charge >= 0.3 is 5.97 Å². The molecular weight excluding hydrogens is 212 g/mol. The SMILES string of the molecule is CCOC(=O)C(c1cccc(C)c1C)C(C)C. The molecule has 0 heterocycles. The van der Waals surface area contributed by atoms with Crippen LogP contribution in [0.2, 0.25) is 0 Å². The molecule has 1 aromatic rings. The van der Waals surface area contributed by atoms with Gasteiger partial charge in [-0.15, -0.1) is 0 Å². The minimum absolute atomic E-state index is 0.115. The molecule has 17 heavy (non-hydrogen) atoms. The Morgan fingerprint density at radius 1 is 1.29 bits per heavy atom. The molecule has 2 heteroatoms. The first kappa shape index (κ1) is 13.8. The molecule has 0 N–H and O–H groups in total. The number of aryl methyl sites for hydroxylation is 1. The Labute approximate surface area is 104 Å². The van der Waals surface area contributed by atoms with Crippen LogP contribution in [0.1, 0.15) is 43.4 Å². The van der Waals surface area contributed by atoms with Crippen LogP contribution in [0.5, 0.6) is 0 Å². The van der Waals surface area contributed by atoms with Crippen molar-refractivity contribution < 1.29 is 9.53 Å². The highest BCUT2D eigenvalue weighted by atomic mass is 16.5. The van der Waals surface area contributed by atoms with Crippen LogP contribution in [0.3, 0.4) is 0 Å². The highest BCUT2D eigenvalue weighted by molar-refractivity contribution is 5.79. The maximum absolute atomic E-state index is 12.0. The minimum atomic E-state index is -0.158. The Balaban J connectivity index is 3.14. The first-order valence-electron chi connectivity index (χ1n) is 6.21. The van der Waals surface area contributed by atoms with Crippen molar-refractivity contribution in [3.8, 4) is 0 Å². The summed E-state index contributed by atoms with van der Waals surface area (Å²) in [7, 11) is 0. The van der Waals surface area contributed by atoms with Crippen molar-refractivity contribution in [2.45, 2.75) is 40.5 Å². The van der Waals surface area contributed by atoms with E-state index in [2.05, 4.69) is 33.8 Å². The van der Waals surface area contributed by atoms with Crippen LogP contribution in [0.25, 0.3) is 0 Å². The predicted molar refractivity (Wildman–Crippen MR) is 70.1 cm³/mol. The van der Waals surface area contributed by atoms with Gasteiger partial charge in [0.15, 0.2) is 0 Å². The molecule has 1 rings (SSSR count). The van der Waals surface area contributed by atoms with Crippen molar-refractivity contribution >= 4 is 5.97 Å². The number of hydrogen-bond acceptors (Lipinski definition) is 2. The number of hydrogen-bond donors (Lipinski definition) is 0. The largest absolute Gasteiger partial charge is 0.466 e. The number of carbonyl (C=O) groups is 1. The van der Waals surface area contributed by atoms with Crippen LogP contribution in [0, 0.1) is 19.8 Å². The minimum Gasteiger partial charge on any atom is -0.466 e. The lowest BCUT2D eigenvalue weighted by Gasteiger charge is -2.22. The average molecular weight is 234 g/mol. The van der Waals surface area contributed by atoms with Gasteiger partial charge in [-0.25, -0.2) is 0 Å². The lowest BCUT2D eigenvalue weighted by atomic mass is 9.85. The van der Waals surface area contributed by atoms with E-state index in [1.807, 2.05) is 19.1 Å². The summed E-state index contributed by atoms with van der Waals surface area (Å²) < 4.78 is 5.18. The van der Waals surface area contributed by atoms with Crippen LogP contribution in [0.4, 0.5) is 0 Å². The molecule has 1 unspecified atom stereocenters. The zero-order chi connectivity index (χ0) is 13.0. The van der Waals surface area contributed by atoms with Crippen LogP contribution in [0.15, 0.2) is 18.2 Å². The average Bonchev–Trinajstić information content (AvgIpc) is 2.24. The van der Waals surface area contributed by atoms with Gasteiger partial charge in [-0.1, -0.05) is 32.0 Å². The molecule has 0 spiro atoms. The first-order valence-corrected chi connectivity index (χ1v) is 6.21. The summed E-state index contributed by atoms with van der Waals surface area (Å²) in [5.41, 5.74) is 3.51. The van der Waals surface area contributed by atoms with E-state index in [4.69, 9.17) is 4.74 Å². The Bertz CT molecular complexity index is 394. The highest BCUT2D eigenvalue weighted by Gasteiger charge is 2.26. The van der Waals surface area contributed by atoms with Gasteiger partial charge in [0.1, 0.15) is 0 Å². The van der Waals surface area contributed by atoms with Gasteiger partial charge < -0.3 is 4.74 Å². The monoisotopic (exact) mass is 234 g/mol. The maximum Gasteiger partial charge on any atom is 0.313 e. The fourth-order valence-electron chi connectivity index (χ4n) is 2.10. The molecule has 0 saturated carbocycles. The van der Waals surface area contributed by atoms with Crippen molar-refractivity contribution in [2.75, 3.05) is 6.61 Å². The van der Waals surface area contributed by atoms with E-state index in [1.165, 1.54) is 11.1 Å². The maximum atomic E-state index is 12.0. The molecule has 94 valence electrons. The van der Waals surface area contributed by atoms with Crippen LogP contribution in [-0.4, -0.2) is 12.6 Å². The number of ether oxygens (including phenoxy) is 1. The summed E-state index contributed by atoms with van der Waals surface area (Å²) in [6.07, 6.45) is 0. The molecule has 0 bridgehead atoms. The fourth-order valence-corrected chi connectivity index (χ4v) is 2.10. The molecule has 0 radical (unpaired) electrons. The van der Waals surface area contributed by atoms with Gasteiger partial charge in [0, 0.05) is 0 Å². The molecule has 0 aliphatic heterocycles. The van der Waals surface area contributed by atoms with E-state index in [9.17, 15) is 4.79 Å². The zero-order valence-corrected chi connectivity index (χ0v) is 11.4. The van der Waals surface area contributed by atoms with Crippen LogP contribution >= 0.6 is 0 Å². The summed E-state index contributed by atoms with van der Waals surface area (Å²) in [6, 6.07) is 6.11. The molecule has 0 aliphatic carbocycles. The lowest BCUT2D eigenvalue weighted by Crippen LogP contribution is -2.22. The zero-order valence-electron chi connectivity index (χ0n) is 11.4. The number of benzene rings is 1. The summed E-state index contributed by atoms with van der Waals surface area (Å²) in [5, 5.41) is 0. The molecule has 0 amide bonds. The number of carbonyl (C=O) groups excluding carboxylic acids is 1. The van der Waals surface area contributed by atoms with E-state index in [-0.39, 0.29) is 17.8 Å². The molecule has 2 nitrogen and oxygen atoms in total. The van der Waals surface area contributed by atoms with E-state index in [0.717, 1.165) is 5.56 Å². The molecule has 0 aromatic heterocycles. The van der Waals surface area contributed by atoms with E-state index in [1.54, 1.807) is 0 Å². The van der Waals surface area contributed by atoms with Crippen molar-refractivity contribution in [2.24, 2.45) is 5.92 Å².